The molecule has 2 aromatic rings. The van der Waals surface area contributed by atoms with Crippen LogP contribution in [-0.4, -0.2) is 16.3 Å². The standard InChI is InChI=1S/C14H16ClF2N3/c1-3-18-14(6-9-4-5-20(2)19-9)10-7-13(17)11(15)8-12(10)16/h4-5,7-8,14,18H,3,6H2,1-2H3. The molecule has 0 saturated carbocycles. The van der Waals surface area contributed by atoms with E-state index < -0.39 is 11.6 Å². The van der Waals surface area contributed by atoms with Crippen LogP contribution < -0.4 is 5.32 Å². The topological polar surface area (TPSA) is 29.9 Å². The maximum Gasteiger partial charge on any atom is 0.142 e. The van der Waals surface area contributed by atoms with Crippen LogP contribution in [0.5, 0.6) is 0 Å². The molecule has 0 fully saturated rings. The number of halogens is 3. The van der Waals surface area contributed by atoms with Gasteiger partial charge in [-0.15, -0.1) is 0 Å². The van der Waals surface area contributed by atoms with E-state index in [0.29, 0.717) is 13.0 Å². The lowest BCUT2D eigenvalue weighted by atomic mass is 10.0. The van der Waals surface area contributed by atoms with Crippen LogP contribution in [0.15, 0.2) is 24.4 Å². The Balaban J connectivity index is 2.30. The summed E-state index contributed by atoms with van der Waals surface area (Å²) in [6.07, 6.45) is 2.30. The monoisotopic (exact) mass is 299 g/mol. The van der Waals surface area contributed by atoms with E-state index in [0.717, 1.165) is 17.8 Å². The Kier molecular flexibility index (Phi) is 4.73. The molecule has 0 saturated heterocycles. The Bertz CT molecular complexity index is 598. The lowest BCUT2D eigenvalue weighted by Crippen LogP contribution is -2.24. The van der Waals surface area contributed by atoms with Gasteiger partial charge in [-0.2, -0.15) is 5.10 Å². The molecule has 1 heterocycles. The zero-order chi connectivity index (χ0) is 14.7. The summed E-state index contributed by atoms with van der Waals surface area (Å²) in [5.74, 6) is -1.13. The van der Waals surface area contributed by atoms with Crippen molar-refractivity contribution in [3.05, 3.63) is 52.3 Å². The van der Waals surface area contributed by atoms with E-state index in [2.05, 4.69) is 10.4 Å². The van der Waals surface area contributed by atoms with Crippen LogP contribution in [0.4, 0.5) is 8.78 Å². The van der Waals surface area contributed by atoms with Gasteiger partial charge < -0.3 is 5.32 Å². The summed E-state index contributed by atoms with van der Waals surface area (Å²) < 4.78 is 29.2. The van der Waals surface area contributed by atoms with Crippen molar-refractivity contribution in [2.45, 2.75) is 19.4 Å². The first kappa shape index (κ1) is 14.9. The van der Waals surface area contributed by atoms with Crippen molar-refractivity contribution in [3.63, 3.8) is 0 Å². The third-order valence-corrected chi connectivity index (χ3v) is 3.34. The SMILES string of the molecule is CCNC(Cc1ccn(C)n1)c1cc(F)c(Cl)cc1F. The first-order valence-corrected chi connectivity index (χ1v) is 6.75. The van der Waals surface area contributed by atoms with Crippen molar-refractivity contribution in [3.8, 4) is 0 Å². The smallest absolute Gasteiger partial charge is 0.142 e. The Morgan fingerprint density at radius 1 is 1.35 bits per heavy atom. The molecule has 0 aliphatic heterocycles. The second kappa shape index (κ2) is 6.33. The molecule has 2 rings (SSSR count). The molecule has 0 amide bonds. The van der Waals surface area contributed by atoms with Gasteiger partial charge in [-0.05, 0) is 24.7 Å². The highest BCUT2D eigenvalue weighted by molar-refractivity contribution is 6.30. The largest absolute Gasteiger partial charge is 0.310 e. The fourth-order valence-electron chi connectivity index (χ4n) is 2.12. The van der Waals surface area contributed by atoms with Gasteiger partial charge in [0.15, 0.2) is 0 Å². The second-order valence-corrected chi connectivity index (χ2v) is 4.99. The molecule has 1 atom stereocenters. The first-order valence-electron chi connectivity index (χ1n) is 6.37. The summed E-state index contributed by atoms with van der Waals surface area (Å²) in [7, 11) is 1.81. The first-order chi connectivity index (χ1) is 9.51. The van der Waals surface area contributed by atoms with Crippen molar-refractivity contribution in [2.75, 3.05) is 6.54 Å². The number of likely N-dealkylation sites (N-methyl/N-ethyl adjacent to an activating group) is 1. The fourth-order valence-corrected chi connectivity index (χ4v) is 2.27. The number of aryl methyl sites for hydroxylation is 1. The Morgan fingerprint density at radius 2 is 2.10 bits per heavy atom. The molecule has 1 aromatic heterocycles. The second-order valence-electron chi connectivity index (χ2n) is 4.58. The average molecular weight is 300 g/mol. The molecule has 0 spiro atoms. The van der Waals surface area contributed by atoms with Crippen LogP contribution in [0.25, 0.3) is 0 Å². The van der Waals surface area contributed by atoms with Crippen molar-refractivity contribution in [1.82, 2.24) is 15.1 Å². The minimum Gasteiger partial charge on any atom is -0.310 e. The fraction of sp³-hybridized carbons (Fsp3) is 0.357. The van der Waals surface area contributed by atoms with Gasteiger partial charge in [-0.1, -0.05) is 18.5 Å². The molecule has 0 radical (unpaired) electrons. The molecular weight excluding hydrogens is 284 g/mol. The Morgan fingerprint density at radius 3 is 2.70 bits per heavy atom. The molecule has 0 aliphatic rings. The minimum absolute atomic E-state index is 0.209. The van der Waals surface area contributed by atoms with Crippen molar-refractivity contribution >= 4 is 11.6 Å². The number of hydrogen-bond donors (Lipinski definition) is 1. The zero-order valence-corrected chi connectivity index (χ0v) is 12.1. The van der Waals surface area contributed by atoms with Gasteiger partial charge in [0, 0.05) is 31.3 Å². The van der Waals surface area contributed by atoms with E-state index in [1.807, 2.05) is 26.2 Å². The van der Waals surface area contributed by atoms with Gasteiger partial charge >= 0.3 is 0 Å². The van der Waals surface area contributed by atoms with Crippen LogP contribution in [0.2, 0.25) is 5.02 Å². The average Bonchev–Trinajstić information content (AvgIpc) is 2.79. The van der Waals surface area contributed by atoms with E-state index in [1.165, 1.54) is 0 Å². The lowest BCUT2D eigenvalue weighted by molar-refractivity contribution is 0.497. The molecule has 1 N–H and O–H groups in total. The van der Waals surface area contributed by atoms with Crippen LogP contribution in [0.3, 0.4) is 0 Å². The quantitative estimate of drug-likeness (QED) is 0.859. The number of nitrogens with one attached hydrogen (secondary N) is 1. The zero-order valence-electron chi connectivity index (χ0n) is 11.3. The van der Waals surface area contributed by atoms with Gasteiger partial charge in [0.2, 0.25) is 0 Å². The number of rotatable bonds is 5. The third kappa shape index (κ3) is 3.35. The predicted octanol–water partition coefficient (Wildman–Crippen LogP) is 3.25. The van der Waals surface area contributed by atoms with Crippen LogP contribution in [-0.2, 0) is 13.5 Å². The minimum atomic E-state index is -0.619. The molecule has 3 nitrogen and oxygen atoms in total. The summed E-state index contributed by atoms with van der Waals surface area (Å²) in [4.78, 5) is 0. The third-order valence-electron chi connectivity index (χ3n) is 3.05. The highest BCUT2D eigenvalue weighted by Gasteiger charge is 2.19. The summed E-state index contributed by atoms with van der Waals surface area (Å²) in [5, 5.41) is 7.20. The molecule has 20 heavy (non-hydrogen) atoms. The number of aromatic nitrogens is 2. The van der Waals surface area contributed by atoms with E-state index in [1.54, 1.807) is 4.68 Å². The van der Waals surface area contributed by atoms with Gasteiger partial charge in [0.25, 0.3) is 0 Å². The molecule has 0 aliphatic carbocycles. The van der Waals surface area contributed by atoms with Gasteiger partial charge in [0.1, 0.15) is 11.6 Å². The van der Waals surface area contributed by atoms with Crippen LogP contribution in [0.1, 0.15) is 24.2 Å². The highest BCUT2D eigenvalue weighted by Crippen LogP contribution is 2.26. The molecule has 0 bridgehead atoms. The number of nitrogens with zero attached hydrogens (tertiary/aromatic N) is 2. The Hall–Kier alpha value is -1.46. The highest BCUT2D eigenvalue weighted by atomic mass is 35.5. The Labute approximate surface area is 121 Å². The van der Waals surface area contributed by atoms with Crippen LogP contribution in [0, 0.1) is 11.6 Å². The van der Waals surface area contributed by atoms with E-state index in [-0.39, 0.29) is 16.6 Å². The molecule has 1 unspecified atom stereocenters. The van der Waals surface area contributed by atoms with Crippen molar-refractivity contribution < 1.29 is 8.78 Å². The van der Waals surface area contributed by atoms with Gasteiger partial charge in [-0.25, -0.2) is 8.78 Å². The summed E-state index contributed by atoms with van der Waals surface area (Å²) in [6, 6.07) is 3.67. The lowest BCUT2D eigenvalue weighted by Gasteiger charge is -2.18. The summed E-state index contributed by atoms with van der Waals surface area (Å²) in [6.45, 7) is 2.55. The number of hydrogen-bond acceptors (Lipinski definition) is 2. The molecular formula is C14H16ClF2N3. The maximum atomic E-state index is 14.0. The normalized spacial score (nSPS) is 12.7. The van der Waals surface area contributed by atoms with E-state index >= 15 is 0 Å². The van der Waals surface area contributed by atoms with Crippen molar-refractivity contribution in [1.29, 1.82) is 0 Å². The van der Waals surface area contributed by atoms with Gasteiger partial charge in [0.05, 0.1) is 10.7 Å². The van der Waals surface area contributed by atoms with Crippen molar-refractivity contribution in [2.24, 2.45) is 7.05 Å². The molecule has 1 aromatic carbocycles. The van der Waals surface area contributed by atoms with Gasteiger partial charge in [-0.3, -0.25) is 4.68 Å². The van der Waals surface area contributed by atoms with Crippen LogP contribution >= 0.6 is 11.6 Å². The molecule has 108 valence electrons. The molecule has 6 heteroatoms. The summed E-state index contributed by atoms with van der Waals surface area (Å²) >= 11 is 5.58. The maximum absolute atomic E-state index is 14.0. The summed E-state index contributed by atoms with van der Waals surface area (Å²) in [5.41, 5.74) is 1.08. The predicted molar refractivity (Wildman–Crippen MR) is 74.7 cm³/mol. The van der Waals surface area contributed by atoms with E-state index in [4.69, 9.17) is 11.6 Å². The van der Waals surface area contributed by atoms with E-state index in [9.17, 15) is 8.78 Å². The number of benzene rings is 1.